The number of hydrogen-bond donors (Lipinski definition) is 3. The van der Waals surface area contributed by atoms with Gasteiger partial charge in [0.2, 0.25) is 0 Å². The largest absolute Gasteiger partial charge is 0.488 e. The van der Waals surface area contributed by atoms with E-state index < -0.39 is 13.1 Å². The third kappa shape index (κ3) is 1.89. The van der Waals surface area contributed by atoms with Crippen LogP contribution < -0.4 is 5.46 Å². The van der Waals surface area contributed by atoms with Gasteiger partial charge in [-0.15, -0.1) is 0 Å². The zero-order chi connectivity index (χ0) is 11.0. The van der Waals surface area contributed by atoms with Gasteiger partial charge < -0.3 is 15.2 Å². The highest BCUT2D eigenvalue weighted by Crippen LogP contribution is 2.25. The lowest BCUT2D eigenvalue weighted by molar-refractivity contribution is -0.141. The topological polar surface area (TPSA) is 77.8 Å². The van der Waals surface area contributed by atoms with Crippen LogP contribution in [0.2, 0.25) is 0 Å². The van der Waals surface area contributed by atoms with Crippen molar-refractivity contribution < 1.29 is 19.9 Å². The van der Waals surface area contributed by atoms with Crippen molar-refractivity contribution in [2.75, 3.05) is 0 Å². The number of hydrogen-bond acceptors (Lipinski definition) is 3. The standard InChI is InChI=1S/C10H11BO4/c12-10(13)8-3-6-1-2-9(11(14)15)5-7(6)4-8/h1-2,5,8,14-15H,3-4H2,(H,12,13). The normalized spacial score (nSPS) is 18.7. The summed E-state index contributed by atoms with van der Waals surface area (Å²) in [6.07, 6.45) is 1.01. The summed E-state index contributed by atoms with van der Waals surface area (Å²) in [5.41, 5.74) is 2.32. The zero-order valence-electron chi connectivity index (χ0n) is 8.05. The molecule has 0 aromatic heterocycles. The third-order valence-electron chi connectivity index (χ3n) is 2.81. The fourth-order valence-electron chi connectivity index (χ4n) is 1.97. The molecule has 1 unspecified atom stereocenters. The van der Waals surface area contributed by atoms with E-state index in [4.69, 9.17) is 15.2 Å². The van der Waals surface area contributed by atoms with Crippen LogP contribution in [0.4, 0.5) is 0 Å². The van der Waals surface area contributed by atoms with Crippen molar-refractivity contribution in [3.63, 3.8) is 0 Å². The Kier molecular flexibility index (Phi) is 2.50. The van der Waals surface area contributed by atoms with Gasteiger partial charge in [0, 0.05) is 0 Å². The van der Waals surface area contributed by atoms with Crippen LogP contribution in [0.1, 0.15) is 11.1 Å². The van der Waals surface area contributed by atoms with Gasteiger partial charge in [-0.2, -0.15) is 0 Å². The summed E-state index contributed by atoms with van der Waals surface area (Å²) >= 11 is 0. The summed E-state index contributed by atoms with van der Waals surface area (Å²) in [7, 11) is -1.49. The summed E-state index contributed by atoms with van der Waals surface area (Å²) in [6.45, 7) is 0. The van der Waals surface area contributed by atoms with Gasteiger partial charge in [0.05, 0.1) is 5.92 Å². The molecule has 0 heterocycles. The minimum absolute atomic E-state index is 0.369. The van der Waals surface area contributed by atoms with Crippen LogP contribution in [0, 0.1) is 5.92 Å². The molecule has 0 bridgehead atoms. The number of carboxylic acid groups (broad SMARTS) is 1. The van der Waals surface area contributed by atoms with E-state index in [1.807, 2.05) is 0 Å². The fourth-order valence-corrected chi connectivity index (χ4v) is 1.97. The molecule has 0 saturated carbocycles. The van der Waals surface area contributed by atoms with Crippen molar-refractivity contribution >= 4 is 18.6 Å². The highest BCUT2D eigenvalue weighted by atomic mass is 16.4. The van der Waals surface area contributed by atoms with Gasteiger partial charge in [-0.1, -0.05) is 18.2 Å². The molecule has 1 aliphatic carbocycles. The average Bonchev–Trinajstić information content (AvgIpc) is 2.59. The molecule has 15 heavy (non-hydrogen) atoms. The van der Waals surface area contributed by atoms with Gasteiger partial charge in [-0.25, -0.2) is 0 Å². The monoisotopic (exact) mass is 206 g/mol. The minimum atomic E-state index is -1.49. The van der Waals surface area contributed by atoms with E-state index in [2.05, 4.69) is 0 Å². The average molecular weight is 206 g/mol. The maximum Gasteiger partial charge on any atom is 0.488 e. The third-order valence-corrected chi connectivity index (χ3v) is 2.81. The number of aliphatic carboxylic acids is 1. The van der Waals surface area contributed by atoms with E-state index in [9.17, 15) is 4.79 Å². The Hall–Kier alpha value is -1.33. The lowest BCUT2D eigenvalue weighted by Gasteiger charge is -2.02. The Bertz CT molecular complexity index is 402. The van der Waals surface area contributed by atoms with Gasteiger partial charge in [0.25, 0.3) is 0 Å². The predicted molar refractivity (Wildman–Crippen MR) is 54.8 cm³/mol. The van der Waals surface area contributed by atoms with Gasteiger partial charge in [-0.05, 0) is 29.4 Å². The van der Waals surface area contributed by atoms with Crippen LogP contribution in [-0.4, -0.2) is 28.2 Å². The Balaban J connectivity index is 2.27. The van der Waals surface area contributed by atoms with E-state index in [1.54, 1.807) is 18.2 Å². The lowest BCUT2D eigenvalue weighted by Crippen LogP contribution is -2.29. The Labute approximate surface area is 87.3 Å². The van der Waals surface area contributed by atoms with Crippen molar-refractivity contribution in [2.45, 2.75) is 12.8 Å². The number of fused-ring (bicyclic) bond motifs is 1. The molecule has 2 rings (SSSR count). The van der Waals surface area contributed by atoms with E-state index in [-0.39, 0.29) is 5.92 Å². The van der Waals surface area contributed by atoms with E-state index in [0.29, 0.717) is 18.3 Å². The molecule has 1 aliphatic rings. The zero-order valence-corrected chi connectivity index (χ0v) is 8.05. The molecule has 0 amide bonds. The number of rotatable bonds is 2. The molecule has 78 valence electrons. The summed E-state index contributed by atoms with van der Waals surface area (Å²) in [6, 6.07) is 5.06. The molecule has 0 aliphatic heterocycles. The van der Waals surface area contributed by atoms with Crippen molar-refractivity contribution in [3.8, 4) is 0 Å². The van der Waals surface area contributed by atoms with Crippen LogP contribution in [0.25, 0.3) is 0 Å². The second-order valence-electron chi connectivity index (χ2n) is 3.85. The molecular weight excluding hydrogens is 195 g/mol. The second-order valence-corrected chi connectivity index (χ2v) is 3.85. The quantitative estimate of drug-likeness (QED) is 0.551. The molecule has 0 fully saturated rings. The van der Waals surface area contributed by atoms with E-state index in [0.717, 1.165) is 11.1 Å². The second kappa shape index (κ2) is 3.68. The van der Waals surface area contributed by atoms with Crippen LogP contribution >= 0.6 is 0 Å². The molecule has 3 N–H and O–H groups in total. The number of carbonyl (C=O) groups is 1. The van der Waals surface area contributed by atoms with Gasteiger partial charge in [0.1, 0.15) is 0 Å². The minimum Gasteiger partial charge on any atom is -0.481 e. The van der Waals surface area contributed by atoms with E-state index in [1.165, 1.54) is 0 Å². The first-order chi connectivity index (χ1) is 7.08. The van der Waals surface area contributed by atoms with Crippen molar-refractivity contribution in [1.29, 1.82) is 0 Å². The molecule has 4 nitrogen and oxygen atoms in total. The Morgan fingerprint density at radius 1 is 1.27 bits per heavy atom. The maximum atomic E-state index is 10.8. The molecular formula is C10H11BO4. The van der Waals surface area contributed by atoms with Gasteiger partial charge in [-0.3, -0.25) is 4.79 Å². The number of carboxylic acids is 1. The van der Waals surface area contributed by atoms with Crippen LogP contribution in [0.5, 0.6) is 0 Å². The van der Waals surface area contributed by atoms with Crippen LogP contribution in [0.15, 0.2) is 18.2 Å². The maximum absolute atomic E-state index is 10.8. The molecule has 0 radical (unpaired) electrons. The summed E-state index contributed by atoms with van der Waals surface area (Å²) in [4.78, 5) is 10.8. The molecule has 0 saturated heterocycles. The molecule has 1 aromatic rings. The predicted octanol–water partition coefficient (Wildman–Crippen LogP) is -0.834. The molecule has 0 spiro atoms. The van der Waals surface area contributed by atoms with Crippen molar-refractivity contribution in [2.24, 2.45) is 5.92 Å². The first kappa shape index (κ1) is 10.2. The van der Waals surface area contributed by atoms with Gasteiger partial charge in [0.15, 0.2) is 0 Å². The highest BCUT2D eigenvalue weighted by Gasteiger charge is 2.27. The summed E-state index contributed by atoms with van der Waals surface area (Å²) in [5.74, 6) is -1.16. The molecule has 5 heteroatoms. The lowest BCUT2D eigenvalue weighted by atomic mass is 9.79. The first-order valence-corrected chi connectivity index (χ1v) is 4.78. The summed E-state index contributed by atoms with van der Waals surface area (Å²) < 4.78 is 0. The fraction of sp³-hybridized carbons (Fsp3) is 0.300. The van der Waals surface area contributed by atoms with Crippen molar-refractivity contribution in [1.82, 2.24) is 0 Å². The summed E-state index contributed by atoms with van der Waals surface area (Å²) in [5, 5.41) is 26.8. The highest BCUT2D eigenvalue weighted by molar-refractivity contribution is 6.58. The molecule has 1 atom stereocenters. The Morgan fingerprint density at radius 3 is 2.53 bits per heavy atom. The first-order valence-electron chi connectivity index (χ1n) is 4.78. The SMILES string of the molecule is O=C(O)C1Cc2ccc(B(O)O)cc2C1. The van der Waals surface area contributed by atoms with Gasteiger partial charge >= 0.3 is 13.1 Å². The van der Waals surface area contributed by atoms with E-state index >= 15 is 0 Å². The van der Waals surface area contributed by atoms with Crippen molar-refractivity contribution in [3.05, 3.63) is 29.3 Å². The van der Waals surface area contributed by atoms with Crippen LogP contribution in [0.3, 0.4) is 0 Å². The Morgan fingerprint density at radius 2 is 1.93 bits per heavy atom. The molecule has 1 aromatic carbocycles. The smallest absolute Gasteiger partial charge is 0.481 e. The number of benzene rings is 1. The van der Waals surface area contributed by atoms with Crippen LogP contribution in [-0.2, 0) is 17.6 Å².